The predicted octanol–water partition coefficient (Wildman–Crippen LogP) is 3.76. The van der Waals surface area contributed by atoms with E-state index in [4.69, 9.17) is 0 Å². The lowest BCUT2D eigenvalue weighted by atomic mass is 9.87. The van der Waals surface area contributed by atoms with Crippen molar-refractivity contribution in [3.8, 4) is 0 Å². The molecular formula is C11H17F. The van der Waals surface area contributed by atoms with Crippen LogP contribution in [0.4, 0.5) is 4.39 Å². The molecule has 12 heavy (non-hydrogen) atoms. The summed E-state index contributed by atoms with van der Waals surface area (Å²) in [4.78, 5) is 0. The van der Waals surface area contributed by atoms with Gasteiger partial charge in [0.2, 0.25) is 0 Å². The van der Waals surface area contributed by atoms with Crippen LogP contribution in [0.3, 0.4) is 0 Å². The molecule has 0 spiro atoms. The Balaban J connectivity index is 0.00000121. The third-order valence-corrected chi connectivity index (χ3v) is 1.71. The Morgan fingerprint density at radius 2 is 1.42 bits per heavy atom. The molecule has 1 aromatic carbocycles. The summed E-state index contributed by atoms with van der Waals surface area (Å²) in [7, 11) is 0. The molecule has 68 valence electrons. The molecule has 1 rings (SSSR count). The molecule has 1 aromatic rings. The monoisotopic (exact) mass is 168 g/mol. The van der Waals surface area contributed by atoms with Gasteiger partial charge in [0.25, 0.3) is 0 Å². The minimum absolute atomic E-state index is 0. The van der Waals surface area contributed by atoms with Gasteiger partial charge in [0, 0.05) is 0 Å². The SMILES string of the molecule is C.CC(C)(C)c1ccc(F)cc1. The van der Waals surface area contributed by atoms with Crippen LogP contribution in [-0.4, -0.2) is 0 Å². The van der Waals surface area contributed by atoms with E-state index in [1.54, 1.807) is 0 Å². The van der Waals surface area contributed by atoms with Gasteiger partial charge in [0.15, 0.2) is 0 Å². The second-order valence-corrected chi connectivity index (χ2v) is 3.76. The molecule has 0 aliphatic carbocycles. The summed E-state index contributed by atoms with van der Waals surface area (Å²) in [6.45, 7) is 6.33. The van der Waals surface area contributed by atoms with Crippen LogP contribution in [0.5, 0.6) is 0 Å². The van der Waals surface area contributed by atoms with Gasteiger partial charge in [-0.05, 0) is 23.1 Å². The first-order chi connectivity index (χ1) is 5.00. The van der Waals surface area contributed by atoms with Crippen molar-refractivity contribution in [1.82, 2.24) is 0 Å². The normalized spacial score (nSPS) is 10.7. The summed E-state index contributed by atoms with van der Waals surface area (Å²) in [6, 6.07) is 6.66. The average Bonchev–Trinajstić information content (AvgIpc) is 1.86. The molecule has 0 nitrogen and oxygen atoms in total. The maximum absolute atomic E-state index is 12.5. The molecule has 0 saturated carbocycles. The van der Waals surface area contributed by atoms with Crippen molar-refractivity contribution < 1.29 is 4.39 Å². The first-order valence-corrected chi connectivity index (χ1v) is 3.76. The molecule has 0 amide bonds. The minimum Gasteiger partial charge on any atom is -0.207 e. The fraction of sp³-hybridized carbons (Fsp3) is 0.455. The summed E-state index contributed by atoms with van der Waals surface area (Å²) >= 11 is 0. The fourth-order valence-electron chi connectivity index (χ4n) is 0.950. The van der Waals surface area contributed by atoms with Crippen molar-refractivity contribution >= 4 is 0 Å². The highest BCUT2D eigenvalue weighted by Gasteiger charge is 2.12. The highest BCUT2D eigenvalue weighted by Crippen LogP contribution is 2.21. The topological polar surface area (TPSA) is 0 Å². The van der Waals surface area contributed by atoms with Crippen LogP contribution in [0.25, 0.3) is 0 Å². The molecule has 0 fully saturated rings. The van der Waals surface area contributed by atoms with E-state index in [0.717, 1.165) is 0 Å². The number of rotatable bonds is 0. The number of benzene rings is 1. The molecule has 0 saturated heterocycles. The highest BCUT2D eigenvalue weighted by molar-refractivity contribution is 5.22. The van der Waals surface area contributed by atoms with Gasteiger partial charge in [-0.3, -0.25) is 0 Å². The largest absolute Gasteiger partial charge is 0.207 e. The van der Waals surface area contributed by atoms with Crippen molar-refractivity contribution in [1.29, 1.82) is 0 Å². The Labute approximate surface area is 74.4 Å². The Bertz CT molecular complexity index is 228. The standard InChI is InChI=1S/C10H13F.CH4/c1-10(2,3)8-4-6-9(11)7-5-8;/h4-7H,1-3H3;1H4. The Morgan fingerprint density at radius 3 is 1.75 bits per heavy atom. The second-order valence-electron chi connectivity index (χ2n) is 3.76. The summed E-state index contributed by atoms with van der Waals surface area (Å²) < 4.78 is 12.5. The Kier molecular flexibility index (Phi) is 3.44. The van der Waals surface area contributed by atoms with Gasteiger partial charge in [-0.2, -0.15) is 0 Å². The predicted molar refractivity (Wildman–Crippen MR) is 51.8 cm³/mol. The van der Waals surface area contributed by atoms with Gasteiger partial charge in [-0.15, -0.1) is 0 Å². The van der Waals surface area contributed by atoms with Crippen molar-refractivity contribution in [2.45, 2.75) is 33.6 Å². The smallest absolute Gasteiger partial charge is 0.123 e. The van der Waals surface area contributed by atoms with E-state index in [0.29, 0.717) is 0 Å². The molecule has 0 bridgehead atoms. The van der Waals surface area contributed by atoms with Crippen molar-refractivity contribution in [2.24, 2.45) is 0 Å². The van der Waals surface area contributed by atoms with Gasteiger partial charge >= 0.3 is 0 Å². The average molecular weight is 168 g/mol. The lowest BCUT2D eigenvalue weighted by Gasteiger charge is -2.18. The Morgan fingerprint density at radius 1 is 1.00 bits per heavy atom. The zero-order chi connectivity index (χ0) is 8.48. The first kappa shape index (κ1) is 11.2. The molecule has 0 radical (unpaired) electrons. The van der Waals surface area contributed by atoms with E-state index in [2.05, 4.69) is 20.8 Å². The highest BCUT2D eigenvalue weighted by atomic mass is 19.1. The maximum atomic E-state index is 12.5. The molecular weight excluding hydrogens is 151 g/mol. The van der Waals surface area contributed by atoms with Crippen LogP contribution in [-0.2, 0) is 5.41 Å². The quantitative estimate of drug-likeness (QED) is 0.553. The fourth-order valence-corrected chi connectivity index (χ4v) is 0.950. The Hall–Kier alpha value is -0.850. The van der Waals surface area contributed by atoms with E-state index < -0.39 is 0 Å². The zero-order valence-electron chi connectivity index (χ0n) is 7.19. The third kappa shape index (κ3) is 2.65. The van der Waals surface area contributed by atoms with Crippen LogP contribution in [0, 0.1) is 5.82 Å². The van der Waals surface area contributed by atoms with E-state index in [9.17, 15) is 4.39 Å². The van der Waals surface area contributed by atoms with Crippen LogP contribution in [0.15, 0.2) is 24.3 Å². The van der Waals surface area contributed by atoms with Crippen molar-refractivity contribution in [2.75, 3.05) is 0 Å². The van der Waals surface area contributed by atoms with E-state index >= 15 is 0 Å². The van der Waals surface area contributed by atoms with Crippen LogP contribution < -0.4 is 0 Å². The van der Waals surface area contributed by atoms with Crippen molar-refractivity contribution in [3.63, 3.8) is 0 Å². The molecule has 0 aromatic heterocycles. The number of hydrogen-bond acceptors (Lipinski definition) is 0. The van der Waals surface area contributed by atoms with Crippen LogP contribution >= 0.6 is 0 Å². The zero-order valence-corrected chi connectivity index (χ0v) is 7.19. The number of hydrogen-bond donors (Lipinski definition) is 0. The van der Waals surface area contributed by atoms with Gasteiger partial charge in [-0.25, -0.2) is 4.39 Å². The third-order valence-electron chi connectivity index (χ3n) is 1.71. The minimum atomic E-state index is -0.169. The summed E-state index contributed by atoms with van der Waals surface area (Å²) in [5.74, 6) is -0.169. The lowest BCUT2D eigenvalue weighted by Crippen LogP contribution is -2.10. The summed E-state index contributed by atoms with van der Waals surface area (Å²) in [6.07, 6.45) is 0. The summed E-state index contributed by atoms with van der Waals surface area (Å²) in [5, 5.41) is 0. The maximum Gasteiger partial charge on any atom is 0.123 e. The molecule has 0 unspecified atom stereocenters. The molecule has 0 N–H and O–H groups in total. The van der Waals surface area contributed by atoms with Gasteiger partial charge in [0.1, 0.15) is 5.82 Å². The lowest BCUT2D eigenvalue weighted by molar-refractivity contribution is 0.583. The van der Waals surface area contributed by atoms with Gasteiger partial charge < -0.3 is 0 Å². The summed E-state index contributed by atoms with van der Waals surface area (Å²) in [5.41, 5.74) is 1.28. The van der Waals surface area contributed by atoms with Gasteiger partial charge in [-0.1, -0.05) is 40.3 Å². The molecule has 0 aliphatic heterocycles. The molecule has 0 heterocycles. The van der Waals surface area contributed by atoms with Gasteiger partial charge in [0.05, 0.1) is 0 Å². The van der Waals surface area contributed by atoms with E-state index in [-0.39, 0.29) is 18.7 Å². The molecule has 1 heteroatoms. The molecule has 0 atom stereocenters. The van der Waals surface area contributed by atoms with Crippen LogP contribution in [0.1, 0.15) is 33.8 Å². The van der Waals surface area contributed by atoms with E-state index in [1.807, 2.05) is 12.1 Å². The number of halogens is 1. The molecule has 0 aliphatic rings. The van der Waals surface area contributed by atoms with Crippen molar-refractivity contribution in [3.05, 3.63) is 35.6 Å². The first-order valence-electron chi connectivity index (χ1n) is 3.76. The second kappa shape index (κ2) is 3.70. The van der Waals surface area contributed by atoms with E-state index in [1.165, 1.54) is 17.7 Å². The van der Waals surface area contributed by atoms with Crippen LogP contribution in [0.2, 0.25) is 0 Å².